The Morgan fingerprint density at radius 2 is 2.24 bits per heavy atom. The molecule has 0 unspecified atom stereocenters. The molecule has 7 heteroatoms. The number of aromatic nitrogens is 1. The fraction of sp³-hybridized carbons (Fsp3) is 0.400. The Hall–Kier alpha value is -1.43. The zero-order valence-electron chi connectivity index (χ0n) is 8.93. The highest BCUT2D eigenvalue weighted by molar-refractivity contribution is 6.17. The molecule has 0 aromatic carbocycles. The van der Waals surface area contributed by atoms with E-state index in [2.05, 4.69) is 9.72 Å². The van der Waals surface area contributed by atoms with Gasteiger partial charge in [-0.2, -0.15) is 0 Å². The van der Waals surface area contributed by atoms with Crippen molar-refractivity contribution >= 4 is 17.6 Å². The lowest BCUT2D eigenvalue weighted by molar-refractivity contribution is 0.0518. The van der Waals surface area contributed by atoms with Gasteiger partial charge in [0, 0.05) is 11.1 Å². The Morgan fingerprint density at radius 3 is 2.71 bits per heavy atom. The molecular weight excluding hydrogens is 256 g/mol. The summed E-state index contributed by atoms with van der Waals surface area (Å²) in [6.45, 7) is 1.65. The Morgan fingerprint density at radius 1 is 1.59 bits per heavy atom. The lowest BCUT2D eigenvalue weighted by Gasteiger charge is -2.08. The van der Waals surface area contributed by atoms with Gasteiger partial charge in [-0.25, -0.2) is 13.6 Å². The lowest BCUT2D eigenvalue weighted by Crippen LogP contribution is -2.20. The van der Waals surface area contributed by atoms with Gasteiger partial charge in [-0.15, -0.1) is 11.6 Å². The highest BCUT2D eigenvalue weighted by Crippen LogP contribution is 2.22. The minimum atomic E-state index is -2.88. The van der Waals surface area contributed by atoms with Crippen LogP contribution >= 0.6 is 11.6 Å². The monoisotopic (exact) mass is 265 g/mol. The van der Waals surface area contributed by atoms with Crippen LogP contribution in [-0.4, -0.2) is 17.6 Å². The number of pyridine rings is 1. The van der Waals surface area contributed by atoms with Crippen molar-refractivity contribution in [2.75, 3.05) is 6.61 Å². The maximum atomic E-state index is 12.7. The van der Waals surface area contributed by atoms with Crippen molar-refractivity contribution in [3.8, 4) is 0 Å². The largest absolute Gasteiger partial charge is 0.461 e. The van der Waals surface area contributed by atoms with Gasteiger partial charge in [0.1, 0.15) is 5.69 Å². The average Bonchev–Trinajstić information content (AvgIpc) is 2.28. The summed E-state index contributed by atoms with van der Waals surface area (Å²) in [5.74, 6) is -1.20. The first-order valence-electron chi connectivity index (χ1n) is 4.78. The van der Waals surface area contributed by atoms with Gasteiger partial charge in [0.25, 0.3) is 12.0 Å². The van der Waals surface area contributed by atoms with Crippen molar-refractivity contribution in [1.29, 1.82) is 0 Å². The molecule has 0 aliphatic rings. The number of H-pyrrole nitrogens is 1. The van der Waals surface area contributed by atoms with Crippen molar-refractivity contribution in [1.82, 2.24) is 4.98 Å². The van der Waals surface area contributed by atoms with E-state index in [-0.39, 0.29) is 23.7 Å². The van der Waals surface area contributed by atoms with Crippen LogP contribution in [0.1, 0.15) is 35.0 Å². The maximum Gasteiger partial charge on any atom is 0.354 e. The van der Waals surface area contributed by atoms with E-state index in [1.807, 2.05) is 0 Å². The number of rotatable bonds is 4. The van der Waals surface area contributed by atoms with E-state index in [9.17, 15) is 18.4 Å². The predicted molar refractivity (Wildman–Crippen MR) is 57.5 cm³/mol. The first kappa shape index (κ1) is 13.6. The molecule has 94 valence electrons. The molecule has 0 saturated heterocycles. The number of carbonyl (C=O) groups is 1. The van der Waals surface area contributed by atoms with Crippen LogP contribution in [0, 0.1) is 0 Å². The third-order valence-corrected chi connectivity index (χ3v) is 2.30. The highest BCUT2D eigenvalue weighted by Gasteiger charge is 2.19. The number of nitrogens with one attached hydrogen (secondary N) is 1. The van der Waals surface area contributed by atoms with Crippen molar-refractivity contribution in [3.63, 3.8) is 0 Å². The van der Waals surface area contributed by atoms with Crippen molar-refractivity contribution in [3.05, 3.63) is 33.2 Å². The fourth-order valence-electron chi connectivity index (χ4n) is 1.26. The molecule has 0 saturated carbocycles. The molecule has 0 amide bonds. The third kappa shape index (κ3) is 3.03. The summed E-state index contributed by atoms with van der Waals surface area (Å²) < 4.78 is 29.9. The number of hydrogen-bond acceptors (Lipinski definition) is 3. The number of esters is 1. The van der Waals surface area contributed by atoms with Crippen LogP contribution in [0.15, 0.2) is 10.9 Å². The first-order valence-corrected chi connectivity index (χ1v) is 5.32. The summed E-state index contributed by atoms with van der Waals surface area (Å²) in [4.78, 5) is 24.9. The van der Waals surface area contributed by atoms with Gasteiger partial charge in [-0.1, -0.05) is 0 Å². The maximum absolute atomic E-state index is 12.7. The molecule has 0 atom stereocenters. The van der Waals surface area contributed by atoms with E-state index in [0.29, 0.717) is 0 Å². The fourth-order valence-corrected chi connectivity index (χ4v) is 1.53. The summed E-state index contributed by atoms with van der Waals surface area (Å²) in [6, 6.07) is 0.891. The lowest BCUT2D eigenvalue weighted by atomic mass is 10.1. The van der Waals surface area contributed by atoms with Gasteiger partial charge in [0.05, 0.1) is 12.5 Å². The van der Waals surface area contributed by atoms with Crippen LogP contribution in [-0.2, 0) is 10.6 Å². The summed E-state index contributed by atoms with van der Waals surface area (Å²) in [5, 5.41) is 0. The van der Waals surface area contributed by atoms with Crippen LogP contribution in [0.3, 0.4) is 0 Å². The van der Waals surface area contributed by atoms with Gasteiger partial charge < -0.3 is 9.72 Å². The molecule has 0 aliphatic carbocycles. The number of hydrogen-bond donors (Lipinski definition) is 1. The van der Waals surface area contributed by atoms with E-state index in [4.69, 9.17) is 11.6 Å². The SMILES string of the molecule is CCOC(=O)c1cc(C(F)F)c(CCl)c(=O)[nH]1. The van der Waals surface area contributed by atoms with Gasteiger partial charge in [0.2, 0.25) is 0 Å². The second-order valence-corrected chi connectivity index (χ2v) is 3.37. The topological polar surface area (TPSA) is 59.2 Å². The van der Waals surface area contributed by atoms with Crippen molar-refractivity contribution in [2.24, 2.45) is 0 Å². The molecule has 1 rings (SSSR count). The molecule has 1 aromatic rings. The number of carbonyl (C=O) groups excluding carboxylic acids is 1. The van der Waals surface area contributed by atoms with Gasteiger partial charge >= 0.3 is 5.97 Å². The number of ether oxygens (including phenoxy) is 1. The average molecular weight is 266 g/mol. The standard InChI is InChI=1S/C10H10ClF2NO3/c1-2-17-10(16)7-3-5(8(12)13)6(4-11)9(15)14-7/h3,8H,2,4H2,1H3,(H,14,15). The summed E-state index contributed by atoms with van der Waals surface area (Å²) in [6.07, 6.45) is -2.88. The molecule has 4 nitrogen and oxygen atoms in total. The quantitative estimate of drug-likeness (QED) is 0.671. The van der Waals surface area contributed by atoms with Crippen molar-refractivity contribution < 1.29 is 18.3 Å². The number of halogens is 3. The molecule has 0 radical (unpaired) electrons. The van der Waals surface area contributed by atoms with Crippen LogP contribution in [0.2, 0.25) is 0 Å². The Kier molecular flexibility index (Phi) is 4.62. The molecule has 0 fully saturated rings. The predicted octanol–water partition coefficient (Wildman–Crippen LogP) is 2.23. The highest BCUT2D eigenvalue weighted by atomic mass is 35.5. The number of aromatic amines is 1. The zero-order valence-corrected chi connectivity index (χ0v) is 9.68. The van der Waals surface area contributed by atoms with Crippen LogP contribution in [0.5, 0.6) is 0 Å². The second kappa shape index (κ2) is 5.77. The smallest absolute Gasteiger partial charge is 0.354 e. The van der Waals surface area contributed by atoms with E-state index in [0.717, 1.165) is 6.07 Å². The normalized spacial score (nSPS) is 10.6. The van der Waals surface area contributed by atoms with Gasteiger partial charge in [-0.05, 0) is 13.0 Å². The molecule has 1 N–H and O–H groups in total. The van der Waals surface area contributed by atoms with E-state index < -0.39 is 23.5 Å². The van der Waals surface area contributed by atoms with Crippen LogP contribution in [0.4, 0.5) is 8.78 Å². The Labute approximate surface area is 101 Å². The van der Waals surface area contributed by atoms with Crippen LogP contribution < -0.4 is 5.56 Å². The molecule has 1 aromatic heterocycles. The van der Waals surface area contributed by atoms with E-state index >= 15 is 0 Å². The molecule has 0 spiro atoms. The Bertz CT molecular complexity index is 473. The molecule has 17 heavy (non-hydrogen) atoms. The van der Waals surface area contributed by atoms with Crippen LogP contribution in [0.25, 0.3) is 0 Å². The molecule has 1 heterocycles. The minimum absolute atomic E-state index is 0.0854. The van der Waals surface area contributed by atoms with E-state index in [1.54, 1.807) is 6.92 Å². The first-order chi connectivity index (χ1) is 8.01. The summed E-state index contributed by atoms with van der Waals surface area (Å²) >= 11 is 5.40. The minimum Gasteiger partial charge on any atom is -0.461 e. The summed E-state index contributed by atoms with van der Waals surface area (Å²) in [7, 11) is 0. The zero-order chi connectivity index (χ0) is 13.0. The summed E-state index contributed by atoms with van der Waals surface area (Å²) in [5.41, 5.74) is -1.90. The molecule has 0 bridgehead atoms. The Balaban J connectivity index is 3.29. The van der Waals surface area contributed by atoms with Gasteiger partial charge in [0.15, 0.2) is 0 Å². The van der Waals surface area contributed by atoms with Crippen molar-refractivity contribution in [2.45, 2.75) is 19.2 Å². The third-order valence-electron chi connectivity index (χ3n) is 2.03. The molecular formula is C10H10ClF2NO3. The number of alkyl halides is 3. The molecule has 0 aliphatic heterocycles. The second-order valence-electron chi connectivity index (χ2n) is 3.10. The van der Waals surface area contributed by atoms with E-state index in [1.165, 1.54) is 0 Å². The van der Waals surface area contributed by atoms with Gasteiger partial charge in [-0.3, -0.25) is 4.79 Å².